The van der Waals surface area contributed by atoms with Gasteiger partial charge in [0.25, 0.3) is 0 Å². The quantitative estimate of drug-likeness (QED) is 0.226. The van der Waals surface area contributed by atoms with Crippen molar-refractivity contribution in [2.45, 2.75) is 47.0 Å². The van der Waals surface area contributed by atoms with Crippen LogP contribution in [0.5, 0.6) is 0 Å². The van der Waals surface area contributed by atoms with Gasteiger partial charge in [0.05, 0.1) is 0 Å². The highest BCUT2D eigenvalue weighted by molar-refractivity contribution is 5.78. The van der Waals surface area contributed by atoms with Crippen molar-refractivity contribution in [1.82, 2.24) is 14.8 Å². The van der Waals surface area contributed by atoms with E-state index in [-0.39, 0.29) is 5.41 Å². The van der Waals surface area contributed by atoms with Crippen molar-refractivity contribution in [3.63, 3.8) is 0 Å². The van der Waals surface area contributed by atoms with Gasteiger partial charge in [0.1, 0.15) is 0 Å². The predicted molar refractivity (Wildman–Crippen MR) is 168 cm³/mol. The summed E-state index contributed by atoms with van der Waals surface area (Å²) in [5.74, 6) is 1.56. The van der Waals surface area contributed by atoms with E-state index in [2.05, 4.69) is 110 Å². The summed E-state index contributed by atoms with van der Waals surface area (Å²) in [5.41, 5.74) is 6.53. The van der Waals surface area contributed by atoms with Gasteiger partial charge in [-0.1, -0.05) is 125 Å². The summed E-state index contributed by atoms with van der Waals surface area (Å²) in [6.07, 6.45) is 17.5. The second kappa shape index (κ2) is 14.5. The minimum Gasteiger partial charge on any atom is -0.275 e. The fourth-order valence-electron chi connectivity index (χ4n) is 3.88. The summed E-state index contributed by atoms with van der Waals surface area (Å²) in [5, 5.41) is 9.25. The summed E-state index contributed by atoms with van der Waals surface area (Å²) in [6, 6.07) is 17.0. The van der Waals surface area contributed by atoms with Crippen LogP contribution < -0.4 is 0 Å². The Morgan fingerprint density at radius 2 is 1.18 bits per heavy atom. The SMILES string of the molecule is C=C/C=C(\C=C/C)c1ccc(-c2nnc(-c3ccc(C(C)(C)C)cc3)n2C(/C=C\C)=C/C=C)cc1.C=CC. The molecule has 0 spiro atoms. The van der Waals surface area contributed by atoms with Gasteiger partial charge in [0, 0.05) is 16.8 Å². The molecule has 1 heterocycles. The number of hydrogen-bond donors (Lipinski definition) is 0. The zero-order chi connectivity index (χ0) is 28.1. The van der Waals surface area contributed by atoms with Crippen molar-refractivity contribution in [1.29, 1.82) is 0 Å². The molecule has 0 saturated heterocycles. The Kier molecular flexibility index (Phi) is 11.4. The standard InChI is InChI=1S/C32H35N3.C3H6/c1-8-12-24(13-9-2)25-16-18-26(19-17-25)30-33-34-31(35(30)29(14-10-3)15-11-4)27-20-22-28(23-21-27)32(5,6)7;1-3-2/h8-23H,1,3H2,2,4-7H3;3H,1H2,2H3/b13-9-,15-11-,24-12+,29-14+;. The van der Waals surface area contributed by atoms with E-state index in [9.17, 15) is 0 Å². The Morgan fingerprint density at radius 1 is 0.711 bits per heavy atom. The molecule has 1 aromatic heterocycles. The van der Waals surface area contributed by atoms with E-state index in [0.29, 0.717) is 0 Å². The van der Waals surface area contributed by atoms with Crippen molar-refractivity contribution in [3.8, 4) is 22.8 Å². The molecule has 3 nitrogen and oxygen atoms in total. The zero-order valence-corrected chi connectivity index (χ0v) is 23.8. The monoisotopic (exact) mass is 503 g/mol. The molecule has 3 aromatic rings. The van der Waals surface area contributed by atoms with E-state index in [1.165, 1.54) is 5.56 Å². The third-order valence-corrected chi connectivity index (χ3v) is 5.68. The molecule has 2 aromatic carbocycles. The van der Waals surface area contributed by atoms with Crippen molar-refractivity contribution in [2.75, 3.05) is 0 Å². The van der Waals surface area contributed by atoms with Crippen LogP contribution in [-0.4, -0.2) is 14.8 Å². The van der Waals surface area contributed by atoms with Gasteiger partial charge in [-0.15, -0.1) is 16.8 Å². The maximum atomic E-state index is 4.63. The van der Waals surface area contributed by atoms with E-state index in [1.807, 2.05) is 51.2 Å². The molecule has 3 rings (SSSR count). The Balaban J connectivity index is 0.00000161. The molecular formula is C35H41N3. The van der Waals surface area contributed by atoms with E-state index >= 15 is 0 Å². The lowest BCUT2D eigenvalue weighted by atomic mass is 9.86. The summed E-state index contributed by atoms with van der Waals surface area (Å²) >= 11 is 0. The third kappa shape index (κ3) is 7.63. The first kappa shape index (κ1) is 30.0. The maximum Gasteiger partial charge on any atom is 0.168 e. The average Bonchev–Trinajstić information content (AvgIpc) is 3.34. The van der Waals surface area contributed by atoms with Crippen LogP contribution in [0.1, 0.15) is 52.7 Å². The summed E-state index contributed by atoms with van der Waals surface area (Å²) in [4.78, 5) is 0. The summed E-state index contributed by atoms with van der Waals surface area (Å²) in [7, 11) is 0. The highest BCUT2D eigenvalue weighted by Crippen LogP contribution is 2.31. The fraction of sp³-hybridized carbons (Fsp3) is 0.200. The molecule has 0 aliphatic heterocycles. The van der Waals surface area contributed by atoms with Crippen molar-refractivity contribution in [3.05, 3.63) is 134 Å². The number of allylic oxidation sites excluding steroid dienone is 11. The van der Waals surface area contributed by atoms with Gasteiger partial charge in [-0.3, -0.25) is 4.57 Å². The van der Waals surface area contributed by atoms with Crippen LogP contribution in [0.25, 0.3) is 34.0 Å². The molecule has 196 valence electrons. The van der Waals surface area contributed by atoms with Crippen LogP contribution >= 0.6 is 0 Å². The van der Waals surface area contributed by atoms with E-state index in [0.717, 1.165) is 39.6 Å². The second-order valence-electron chi connectivity index (χ2n) is 9.68. The van der Waals surface area contributed by atoms with Gasteiger partial charge in [0.15, 0.2) is 11.6 Å². The van der Waals surface area contributed by atoms with Gasteiger partial charge in [-0.25, -0.2) is 0 Å². The molecular weight excluding hydrogens is 462 g/mol. The Hall–Kier alpha value is -4.24. The van der Waals surface area contributed by atoms with Crippen molar-refractivity contribution >= 4 is 11.3 Å². The normalized spacial score (nSPS) is 12.4. The highest BCUT2D eigenvalue weighted by Gasteiger charge is 2.19. The maximum absolute atomic E-state index is 4.63. The number of rotatable bonds is 8. The van der Waals surface area contributed by atoms with E-state index in [1.54, 1.807) is 18.2 Å². The van der Waals surface area contributed by atoms with Crippen LogP contribution in [0.3, 0.4) is 0 Å². The first-order valence-corrected chi connectivity index (χ1v) is 12.9. The lowest BCUT2D eigenvalue weighted by Gasteiger charge is -2.19. The molecule has 0 amide bonds. The van der Waals surface area contributed by atoms with Crippen molar-refractivity contribution < 1.29 is 0 Å². The lowest BCUT2D eigenvalue weighted by molar-refractivity contribution is 0.590. The minimum absolute atomic E-state index is 0.0871. The average molecular weight is 504 g/mol. The molecule has 0 saturated carbocycles. The Morgan fingerprint density at radius 3 is 1.61 bits per heavy atom. The van der Waals surface area contributed by atoms with Crippen LogP contribution in [-0.2, 0) is 5.41 Å². The zero-order valence-electron chi connectivity index (χ0n) is 23.8. The van der Waals surface area contributed by atoms with Crippen molar-refractivity contribution in [2.24, 2.45) is 0 Å². The third-order valence-electron chi connectivity index (χ3n) is 5.68. The molecule has 0 fully saturated rings. The van der Waals surface area contributed by atoms with Gasteiger partial charge >= 0.3 is 0 Å². The molecule has 0 bridgehead atoms. The molecule has 38 heavy (non-hydrogen) atoms. The van der Waals surface area contributed by atoms with Gasteiger partial charge < -0.3 is 0 Å². The van der Waals surface area contributed by atoms with Gasteiger partial charge in [-0.05, 0) is 55.0 Å². The molecule has 3 heteroatoms. The van der Waals surface area contributed by atoms with E-state index < -0.39 is 0 Å². The van der Waals surface area contributed by atoms with Crippen LogP contribution in [0.4, 0.5) is 0 Å². The molecule has 0 aliphatic rings. The number of hydrogen-bond acceptors (Lipinski definition) is 2. The Bertz CT molecular complexity index is 1330. The summed E-state index contributed by atoms with van der Waals surface area (Å²) in [6.45, 7) is 23.7. The van der Waals surface area contributed by atoms with Gasteiger partial charge in [-0.2, -0.15) is 0 Å². The first-order valence-electron chi connectivity index (χ1n) is 12.9. The van der Waals surface area contributed by atoms with E-state index in [4.69, 9.17) is 0 Å². The number of nitrogens with zero attached hydrogens (tertiary/aromatic N) is 3. The topological polar surface area (TPSA) is 30.7 Å². The molecule has 0 N–H and O–H groups in total. The first-order chi connectivity index (χ1) is 18.2. The number of aromatic nitrogens is 3. The highest BCUT2D eigenvalue weighted by atomic mass is 15.3. The number of benzene rings is 2. The molecule has 0 aliphatic carbocycles. The summed E-state index contributed by atoms with van der Waals surface area (Å²) < 4.78 is 2.09. The molecule has 0 radical (unpaired) electrons. The smallest absolute Gasteiger partial charge is 0.168 e. The van der Waals surface area contributed by atoms with Crippen LogP contribution in [0, 0.1) is 0 Å². The predicted octanol–water partition coefficient (Wildman–Crippen LogP) is 9.85. The molecule has 0 atom stereocenters. The van der Waals surface area contributed by atoms with Crippen LogP contribution in [0.15, 0.2) is 123 Å². The largest absolute Gasteiger partial charge is 0.275 e. The van der Waals surface area contributed by atoms with Gasteiger partial charge in [0.2, 0.25) is 0 Å². The molecule has 0 unspecified atom stereocenters. The fourth-order valence-corrected chi connectivity index (χ4v) is 3.88. The Labute approximate surface area is 229 Å². The minimum atomic E-state index is 0.0871. The van der Waals surface area contributed by atoms with Crippen LogP contribution in [0.2, 0.25) is 0 Å². The second-order valence-corrected chi connectivity index (χ2v) is 9.68. The lowest BCUT2D eigenvalue weighted by Crippen LogP contribution is -2.10.